The molecule has 1 unspecified atom stereocenters. The fourth-order valence-corrected chi connectivity index (χ4v) is 4.47. The number of hydrogen-bond donors (Lipinski definition) is 0. The molecule has 2 atom stereocenters. The SMILES string of the molecule is C\C=C/C(CC)=C(\C=C(/C)C(C)N1CCN(c2ncc(CC)c(CC[C@H](C)CC)n2)CC1)OC. The van der Waals surface area contributed by atoms with Crippen LogP contribution in [0.3, 0.4) is 0 Å². The maximum Gasteiger partial charge on any atom is 0.225 e. The van der Waals surface area contributed by atoms with Crippen molar-refractivity contribution in [3.05, 3.63) is 52.6 Å². The molecule has 1 aromatic heterocycles. The number of aryl methyl sites for hydroxylation is 2. The molecular weight excluding hydrogens is 420 g/mol. The minimum Gasteiger partial charge on any atom is -0.496 e. The van der Waals surface area contributed by atoms with E-state index in [-0.39, 0.29) is 0 Å². The predicted octanol–water partition coefficient (Wildman–Crippen LogP) is 6.36. The van der Waals surface area contributed by atoms with Crippen molar-refractivity contribution in [3.63, 3.8) is 0 Å². The van der Waals surface area contributed by atoms with Gasteiger partial charge in [0.05, 0.1) is 7.11 Å². The largest absolute Gasteiger partial charge is 0.496 e. The van der Waals surface area contributed by atoms with Gasteiger partial charge in [0, 0.05) is 44.1 Å². The standard InChI is InChI=1S/C29H48N4O/c1-9-13-25(11-3)28(34-8)20-23(6)24(7)32-16-18-33(19-17-32)29-30-21-26(12-4)27(31-29)15-14-22(5)10-2/h9,13,20-22,24H,10-12,14-19H2,1-8H3/b13-9-,23-20+,28-25+/t22-,24?/m1/s1. The average Bonchev–Trinajstić information content (AvgIpc) is 2.88. The maximum atomic E-state index is 5.72. The van der Waals surface area contributed by atoms with Crippen LogP contribution in [0, 0.1) is 5.92 Å². The first-order chi connectivity index (χ1) is 16.4. The van der Waals surface area contributed by atoms with Crippen molar-refractivity contribution in [1.29, 1.82) is 0 Å². The summed E-state index contributed by atoms with van der Waals surface area (Å²) < 4.78 is 5.72. The van der Waals surface area contributed by atoms with Gasteiger partial charge in [-0.25, -0.2) is 9.97 Å². The summed E-state index contributed by atoms with van der Waals surface area (Å²) in [5.74, 6) is 2.61. The summed E-state index contributed by atoms with van der Waals surface area (Å²) in [7, 11) is 1.77. The van der Waals surface area contributed by atoms with E-state index in [1.807, 2.05) is 0 Å². The van der Waals surface area contributed by atoms with E-state index in [0.717, 1.165) is 63.1 Å². The van der Waals surface area contributed by atoms with E-state index in [9.17, 15) is 0 Å². The number of hydrogen-bond acceptors (Lipinski definition) is 5. The molecule has 0 N–H and O–H groups in total. The molecule has 5 nitrogen and oxygen atoms in total. The van der Waals surface area contributed by atoms with Crippen molar-refractivity contribution in [1.82, 2.24) is 14.9 Å². The Kier molecular flexibility index (Phi) is 11.8. The van der Waals surface area contributed by atoms with Crippen molar-refractivity contribution < 1.29 is 4.74 Å². The Morgan fingerprint density at radius 2 is 1.85 bits per heavy atom. The molecule has 0 aromatic carbocycles. The van der Waals surface area contributed by atoms with Crippen molar-refractivity contribution in [2.45, 2.75) is 86.6 Å². The van der Waals surface area contributed by atoms with Crippen LogP contribution in [-0.2, 0) is 17.6 Å². The monoisotopic (exact) mass is 468 g/mol. The van der Waals surface area contributed by atoms with Crippen LogP contribution in [0.15, 0.2) is 41.3 Å². The van der Waals surface area contributed by atoms with Crippen LogP contribution in [0.2, 0.25) is 0 Å². The minimum atomic E-state index is 0.366. The number of piperazine rings is 1. The van der Waals surface area contributed by atoms with Gasteiger partial charge in [-0.15, -0.1) is 0 Å². The van der Waals surface area contributed by atoms with Gasteiger partial charge in [0.1, 0.15) is 5.76 Å². The Balaban J connectivity index is 2.07. The second-order valence-corrected chi connectivity index (χ2v) is 9.58. The lowest BCUT2D eigenvalue weighted by Gasteiger charge is -2.38. The van der Waals surface area contributed by atoms with Crippen molar-refractivity contribution in [2.75, 3.05) is 38.2 Å². The van der Waals surface area contributed by atoms with Gasteiger partial charge in [-0.3, -0.25) is 4.90 Å². The first-order valence-electron chi connectivity index (χ1n) is 13.3. The highest BCUT2D eigenvalue weighted by atomic mass is 16.5. The molecule has 1 aliphatic rings. The highest BCUT2D eigenvalue weighted by Gasteiger charge is 2.24. The number of ether oxygens (including phenoxy) is 1. The second kappa shape index (κ2) is 14.3. The van der Waals surface area contributed by atoms with Crippen molar-refractivity contribution in [2.24, 2.45) is 5.92 Å². The van der Waals surface area contributed by atoms with E-state index >= 15 is 0 Å². The van der Waals surface area contributed by atoms with E-state index in [0.29, 0.717) is 6.04 Å². The highest BCUT2D eigenvalue weighted by molar-refractivity contribution is 5.35. The highest BCUT2D eigenvalue weighted by Crippen LogP contribution is 2.22. The molecular formula is C29H48N4O. The Labute approximate surface area is 209 Å². The van der Waals surface area contributed by atoms with Crippen molar-refractivity contribution in [3.8, 4) is 0 Å². The first kappa shape index (κ1) is 28.1. The number of aromatic nitrogens is 2. The van der Waals surface area contributed by atoms with Gasteiger partial charge in [0.15, 0.2) is 0 Å². The van der Waals surface area contributed by atoms with E-state index in [1.165, 1.54) is 35.2 Å². The van der Waals surface area contributed by atoms with E-state index in [4.69, 9.17) is 14.7 Å². The molecule has 0 spiro atoms. The minimum absolute atomic E-state index is 0.366. The number of allylic oxidation sites excluding steroid dienone is 4. The maximum absolute atomic E-state index is 5.72. The first-order valence-corrected chi connectivity index (χ1v) is 13.3. The summed E-state index contributed by atoms with van der Waals surface area (Å²) in [4.78, 5) is 14.7. The quantitative estimate of drug-likeness (QED) is 0.264. The van der Waals surface area contributed by atoms with Crippen LogP contribution in [0.4, 0.5) is 5.95 Å². The van der Waals surface area contributed by atoms with Crippen molar-refractivity contribution >= 4 is 5.95 Å². The van der Waals surface area contributed by atoms with Crippen LogP contribution in [0.25, 0.3) is 0 Å². The lowest BCUT2D eigenvalue weighted by Crippen LogP contribution is -2.50. The summed E-state index contributed by atoms with van der Waals surface area (Å²) in [6.07, 6.45) is 13.9. The average molecular weight is 469 g/mol. The van der Waals surface area contributed by atoms with Gasteiger partial charge in [-0.2, -0.15) is 0 Å². The molecule has 1 fully saturated rings. The topological polar surface area (TPSA) is 41.5 Å². The van der Waals surface area contributed by atoms with Gasteiger partial charge in [0.2, 0.25) is 5.95 Å². The van der Waals surface area contributed by atoms with Gasteiger partial charge in [-0.1, -0.05) is 51.8 Å². The van der Waals surface area contributed by atoms with Gasteiger partial charge in [0.25, 0.3) is 0 Å². The molecule has 2 rings (SSSR count). The van der Waals surface area contributed by atoms with E-state index < -0.39 is 0 Å². The summed E-state index contributed by atoms with van der Waals surface area (Å²) in [6.45, 7) is 19.5. The third-order valence-corrected chi connectivity index (χ3v) is 7.34. The van der Waals surface area contributed by atoms with Crippen LogP contribution in [0.5, 0.6) is 0 Å². The number of nitrogens with zero attached hydrogens (tertiary/aromatic N) is 4. The van der Waals surface area contributed by atoms with Crippen LogP contribution >= 0.6 is 0 Å². The normalized spacial score (nSPS) is 18.2. The van der Waals surface area contributed by atoms with E-state index in [1.54, 1.807) is 7.11 Å². The molecule has 0 aliphatic carbocycles. The fourth-order valence-electron chi connectivity index (χ4n) is 4.47. The molecule has 1 saturated heterocycles. The Hall–Kier alpha value is -2.14. The Morgan fingerprint density at radius 1 is 1.15 bits per heavy atom. The lowest BCUT2D eigenvalue weighted by molar-refractivity contribution is 0.217. The lowest BCUT2D eigenvalue weighted by atomic mass is 9.99. The molecule has 0 amide bonds. The fraction of sp³-hybridized carbons (Fsp3) is 0.655. The molecule has 34 heavy (non-hydrogen) atoms. The summed E-state index contributed by atoms with van der Waals surface area (Å²) in [5, 5.41) is 0. The molecule has 2 heterocycles. The molecule has 5 heteroatoms. The van der Waals surface area contributed by atoms with Gasteiger partial charge < -0.3 is 9.64 Å². The molecule has 0 bridgehead atoms. The summed E-state index contributed by atoms with van der Waals surface area (Å²) in [6, 6.07) is 0.366. The number of anilines is 1. The van der Waals surface area contributed by atoms with Crippen LogP contribution < -0.4 is 4.90 Å². The molecule has 190 valence electrons. The van der Waals surface area contributed by atoms with Crippen LogP contribution in [0.1, 0.15) is 79.0 Å². The Morgan fingerprint density at radius 3 is 2.41 bits per heavy atom. The smallest absolute Gasteiger partial charge is 0.225 e. The van der Waals surface area contributed by atoms with Gasteiger partial charge >= 0.3 is 0 Å². The third kappa shape index (κ3) is 7.69. The van der Waals surface area contributed by atoms with E-state index in [2.05, 4.69) is 82.7 Å². The molecule has 0 radical (unpaired) electrons. The Bertz CT molecular complexity index is 850. The zero-order valence-corrected chi connectivity index (χ0v) is 23.0. The summed E-state index contributed by atoms with van der Waals surface area (Å²) >= 11 is 0. The number of methoxy groups -OCH3 is 1. The predicted molar refractivity (Wildman–Crippen MR) is 145 cm³/mol. The molecule has 1 aromatic rings. The third-order valence-electron chi connectivity index (χ3n) is 7.34. The second-order valence-electron chi connectivity index (χ2n) is 9.58. The zero-order valence-electron chi connectivity index (χ0n) is 23.0. The number of rotatable bonds is 12. The molecule has 0 saturated carbocycles. The van der Waals surface area contributed by atoms with Gasteiger partial charge in [-0.05, 0) is 69.6 Å². The zero-order chi connectivity index (χ0) is 25.1. The molecule has 1 aliphatic heterocycles. The van der Waals surface area contributed by atoms with Crippen LogP contribution in [-0.4, -0.2) is 54.2 Å². The summed E-state index contributed by atoms with van der Waals surface area (Å²) in [5.41, 5.74) is 5.11.